The smallest absolute Gasteiger partial charge is 0.282 e. The van der Waals surface area contributed by atoms with Crippen LogP contribution in [0, 0.1) is 25.5 Å². The molecule has 0 aromatic heterocycles. The number of nitrogens with one attached hydrogen (secondary N) is 1. The normalized spacial score (nSPS) is 13.7. The fourth-order valence-electron chi connectivity index (χ4n) is 3.83. The maximum atomic E-state index is 13.8. The quantitative estimate of drug-likeness (QED) is 0.515. The summed E-state index contributed by atoms with van der Waals surface area (Å²) in [6, 6.07) is 15.4. The lowest BCUT2D eigenvalue weighted by molar-refractivity contribution is -0.120. The largest absolute Gasteiger partial charge is 0.494 e. The maximum absolute atomic E-state index is 13.8. The Labute approximate surface area is 190 Å². The first kappa shape index (κ1) is 22.2. The van der Waals surface area contributed by atoms with E-state index in [0.29, 0.717) is 23.6 Å². The molecule has 1 N–H and O–H groups in total. The average Bonchev–Trinajstić information content (AvgIpc) is 3.00. The zero-order valence-corrected chi connectivity index (χ0v) is 18.4. The van der Waals surface area contributed by atoms with Gasteiger partial charge in [0.15, 0.2) is 11.6 Å². The highest BCUT2D eigenvalue weighted by molar-refractivity contribution is 6.46. The summed E-state index contributed by atoms with van der Waals surface area (Å²) in [4.78, 5) is 28.0. The van der Waals surface area contributed by atoms with Gasteiger partial charge in [-0.1, -0.05) is 18.2 Å². The highest BCUT2D eigenvalue weighted by atomic mass is 19.2. The number of carbonyl (C=O) groups excluding carboxylic acids is 2. The molecule has 0 unspecified atom stereocenters. The number of benzene rings is 3. The second-order valence-electron chi connectivity index (χ2n) is 7.75. The molecule has 5 nitrogen and oxygen atoms in total. The van der Waals surface area contributed by atoms with Gasteiger partial charge in [0.1, 0.15) is 11.4 Å². The highest BCUT2D eigenvalue weighted by Crippen LogP contribution is 2.35. The van der Waals surface area contributed by atoms with Gasteiger partial charge in [-0.25, -0.2) is 13.7 Å². The van der Waals surface area contributed by atoms with Crippen LogP contribution < -0.4 is 15.0 Å². The van der Waals surface area contributed by atoms with Crippen molar-refractivity contribution in [3.05, 3.63) is 94.7 Å². The molecule has 1 heterocycles. The van der Waals surface area contributed by atoms with E-state index in [0.717, 1.165) is 28.2 Å². The molecule has 1 aliphatic heterocycles. The number of hydrogen-bond donors (Lipinski definition) is 1. The SMILES string of the molecule is CCOc1ccc(C2=C(Nc3ccc(F)c(F)c3)C(=O)N(c3cc(C)cc(C)c3)C2=O)cc1. The molecule has 0 atom stereocenters. The summed E-state index contributed by atoms with van der Waals surface area (Å²) in [6.07, 6.45) is 0. The zero-order chi connectivity index (χ0) is 23.7. The molecule has 1 aliphatic rings. The van der Waals surface area contributed by atoms with Crippen molar-refractivity contribution in [3.8, 4) is 5.75 Å². The Morgan fingerprint density at radius 2 is 1.52 bits per heavy atom. The van der Waals surface area contributed by atoms with Gasteiger partial charge in [0.2, 0.25) is 0 Å². The molecule has 7 heteroatoms. The summed E-state index contributed by atoms with van der Waals surface area (Å²) in [6.45, 7) is 6.11. The number of amides is 2. The molecule has 0 aliphatic carbocycles. The van der Waals surface area contributed by atoms with Gasteiger partial charge in [-0.05, 0) is 73.9 Å². The lowest BCUT2D eigenvalue weighted by atomic mass is 10.0. The van der Waals surface area contributed by atoms with Crippen LogP contribution in [0.4, 0.5) is 20.2 Å². The van der Waals surface area contributed by atoms with Crippen LogP contribution in [-0.4, -0.2) is 18.4 Å². The summed E-state index contributed by atoms with van der Waals surface area (Å²) in [7, 11) is 0. The van der Waals surface area contributed by atoms with Gasteiger partial charge in [-0.2, -0.15) is 0 Å². The summed E-state index contributed by atoms with van der Waals surface area (Å²) >= 11 is 0. The van der Waals surface area contributed by atoms with Gasteiger partial charge >= 0.3 is 0 Å². The van der Waals surface area contributed by atoms with E-state index in [2.05, 4.69) is 5.32 Å². The van der Waals surface area contributed by atoms with Crippen LogP contribution in [0.3, 0.4) is 0 Å². The van der Waals surface area contributed by atoms with E-state index in [9.17, 15) is 18.4 Å². The predicted molar refractivity (Wildman–Crippen MR) is 123 cm³/mol. The summed E-state index contributed by atoms with van der Waals surface area (Å²) in [5, 5.41) is 2.84. The fourth-order valence-corrected chi connectivity index (χ4v) is 3.83. The maximum Gasteiger partial charge on any atom is 0.282 e. The van der Waals surface area contributed by atoms with Crippen LogP contribution in [0.1, 0.15) is 23.6 Å². The van der Waals surface area contributed by atoms with Crippen molar-refractivity contribution in [2.75, 3.05) is 16.8 Å². The molecule has 0 saturated carbocycles. The van der Waals surface area contributed by atoms with Crippen LogP contribution in [0.2, 0.25) is 0 Å². The van der Waals surface area contributed by atoms with Crippen LogP contribution in [0.15, 0.2) is 66.4 Å². The first-order valence-electron chi connectivity index (χ1n) is 10.4. The lowest BCUT2D eigenvalue weighted by Crippen LogP contribution is -2.32. The Bertz CT molecular complexity index is 1260. The molecule has 0 bridgehead atoms. The standard InChI is InChI=1S/C26H22F2N2O3/c1-4-33-20-8-5-17(6-9-20)23-24(29-18-7-10-21(27)22(28)14-18)26(32)30(25(23)31)19-12-15(2)11-16(3)13-19/h5-14,29H,4H2,1-3H3. The Kier molecular flexibility index (Phi) is 5.96. The van der Waals surface area contributed by atoms with Crippen molar-refractivity contribution in [1.29, 1.82) is 0 Å². The Morgan fingerprint density at radius 3 is 2.12 bits per heavy atom. The summed E-state index contributed by atoms with van der Waals surface area (Å²) < 4.78 is 32.6. The third-order valence-corrected chi connectivity index (χ3v) is 5.19. The molecule has 0 spiro atoms. The van der Waals surface area contributed by atoms with Gasteiger partial charge in [0.25, 0.3) is 11.8 Å². The number of imide groups is 1. The van der Waals surface area contributed by atoms with E-state index in [1.54, 1.807) is 36.4 Å². The number of ether oxygens (including phenoxy) is 1. The van der Waals surface area contributed by atoms with Crippen LogP contribution >= 0.6 is 0 Å². The fraction of sp³-hybridized carbons (Fsp3) is 0.154. The van der Waals surface area contributed by atoms with Crippen molar-refractivity contribution >= 4 is 28.8 Å². The molecule has 0 radical (unpaired) electrons. The number of carbonyl (C=O) groups is 2. The first-order chi connectivity index (χ1) is 15.8. The average molecular weight is 448 g/mol. The number of hydrogen-bond acceptors (Lipinski definition) is 4. The van der Waals surface area contributed by atoms with E-state index in [4.69, 9.17) is 4.74 Å². The Balaban J connectivity index is 1.81. The minimum atomic E-state index is -1.06. The van der Waals surface area contributed by atoms with Crippen LogP contribution in [-0.2, 0) is 9.59 Å². The molecule has 4 rings (SSSR count). The molecule has 33 heavy (non-hydrogen) atoms. The van der Waals surface area contributed by atoms with Gasteiger partial charge in [0.05, 0.1) is 17.9 Å². The van der Waals surface area contributed by atoms with Gasteiger partial charge < -0.3 is 10.1 Å². The van der Waals surface area contributed by atoms with Crippen molar-refractivity contribution < 1.29 is 23.1 Å². The highest BCUT2D eigenvalue weighted by Gasteiger charge is 2.40. The van der Waals surface area contributed by atoms with Crippen molar-refractivity contribution in [2.45, 2.75) is 20.8 Å². The van der Waals surface area contributed by atoms with E-state index in [-0.39, 0.29) is 17.0 Å². The zero-order valence-electron chi connectivity index (χ0n) is 18.4. The topological polar surface area (TPSA) is 58.6 Å². The van der Waals surface area contributed by atoms with E-state index < -0.39 is 23.4 Å². The molecule has 3 aromatic carbocycles. The number of rotatable bonds is 6. The molecular weight excluding hydrogens is 426 g/mol. The van der Waals surface area contributed by atoms with Crippen LogP contribution in [0.5, 0.6) is 5.75 Å². The van der Waals surface area contributed by atoms with E-state index in [1.807, 2.05) is 26.8 Å². The molecule has 168 valence electrons. The Hall–Kier alpha value is -4.00. The molecule has 0 saturated heterocycles. The number of nitrogens with zero attached hydrogens (tertiary/aromatic N) is 1. The monoisotopic (exact) mass is 448 g/mol. The molecule has 3 aromatic rings. The Morgan fingerprint density at radius 1 is 0.848 bits per heavy atom. The summed E-state index contributed by atoms with van der Waals surface area (Å²) in [5.41, 5.74) is 2.99. The van der Waals surface area contributed by atoms with Gasteiger partial charge in [0, 0.05) is 11.8 Å². The minimum Gasteiger partial charge on any atom is -0.494 e. The molecule has 0 fully saturated rings. The lowest BCUT2D eigenvalue weighted by Gasteiger charge is -2.17. The van der Waals surface area contributed by atoms with E-state index in [1.165, 1.54) is 6.07 Å². The second-order valence-corrected chi connectivity index (χ2v) is 7.75. The van der Waals surface area contributed by atoms with Crippen molar-refractivity contribution in [2.24, 2.45) is 0 Å². The molecule has 2 amide bonds. The van der Waals surface area contributed by atoms with Crippen LogP contribution in [0.25, 0.3) is 5.57 Å². The van der Waals surface area contributed by atoms with Gasteiger partial charge in [-0.3, -0.25) is 9.59 Å². The predicted octanol–water partition coefficient (Wildman–Crippen LogP) is 5.38. The minimum absolute atomic E-state index is 0.0191. The van der Waals surface area contributed by atoms with Crippen molar-refractivity contribution in [1.82, 2.24) is 0 Å². The second kappa shape index (κ2) is 8.86. The van der Waals surface area contributed by atoms with Gasteiger partial charge in [-0.15, -0.1) is 0 Å². The van der Waals surface area contributed by atoms with E-state index >= 15 is 0 Å². The summed E-state index contributed by atoms with van der Waals surface area (Å²) in [5.74, 6) is -2.55. The third kappa shape index (κ3) is 4.35. The third-order valence-electron chi connectivity index (χ3n) is 5.19. The van der Waals surface area contributed by atoms with Crippen molar-refractivity contribution in [3.63, 3.8) is 0 Å². The number of aryl methyl sites for hydroxylation is 2. The molecular formula is C26H22F2N2O3. The number of anilines is 2. The first-order valence-corrected chi connectivity index (χ1v) is 10.4. The number of halogens is 2.